The fraction of sp³-hybridized carbons (Fsp3) is 0.409. The molecule has 150 valence electrons. The Labute approximate surface area is 167 Å². The normalized spacial score (nSPS) is 21.4. The second kappa shape index (κ2) is 7.59. The van der Waals surface area contributed by atoms with Crippen molar-refractivity contribution in [2.75, 3.05) is 7.05 Å². The van der Waals surface area contributed by atoms with E-state index in [9.17, 15) is 13.2 Å². The number of hydrogen-bond donors (Lipinski definition) is 0. The average Bonchev–Trinajstić information content (AvgIpc) is 2.87. The fourth-order valence-corrected chi connectivity index (χ4v) is 6.00. The summed E-state index contributed by atoms with van der Waals surface area (Å²) >= 11 is 0. The number of likely N-dealkylation sites (N-methyl/N-ethyl adjacent to an activating group) is 1. The van der Waals surface area contributed by atoms with E-state index in [0.717, 1.165) is 11.1 Å². The van der Waals surface area contributed by atoms with E-state index < -0.39 is 15.2 Å². The summed E-state index contributed by atoms with van der Waals surface area (Å²) in [5.41, 5.74) is 1.94. The molecule has 6 heteroatoms. The van der Waals surface area contributed by atoms with Crippen LogP contribution in [0.25, 0.3) is 0 Å². The van der Waals surface area contributed by atoms with Crippen LogP contribution < -0.4 is 0 Å². The van der Waals surface area contributed by atoms with Crippen molar-refractivity contribution < 1.29 is 13.2 Å². The summed E-state index contributed by atoms with van der Waals surface area (Å²) in [4.78, 5) is 16.6. The van der Waals surface area contributed by atoms with E-state index in [1.807, 2.05) is 58.0 Å². The minimum Gasteiger partial charge on any atom is -0.323 e. The van der Waals surface area contributed by atoms with E-state index in [2.05, 4.69) is 0 Å². The number of carbonyl (C=O) groups excluding carboxylic acids is 1. The molecule has 0 N–H and O–H groups in total. The lowest BCUT2D eigenvalue weighted by Gasteiger charge is -2.35. The van der Waals surface area contributed by atoms with Gasteiger partial charge >= 0.3 is 6.03 Å². The third kappa shape index (κ3) is 3.41. The second-order valence-electron chi connectivity index (χ2n) is 7.89. The Balaban J connectivity index is 2.14. The van der Waals surface area contributed by atoms with Gasteiger partial charge in [-0.2, -0.15) is 0 Å². The Hall–Kier alpha value is -2.34. The molecule has 2 aromatic carbocycles. The van der Waals surface area contributed by atoms with Crippen LogP contribution in [0.3, 0.4) is 0 Å². The van der Waals surface area contributed by atoms with Crippen molar-refractivity contribution in [2.45, 2.75) is 50.0 Å². The molecule has 1 aliphatic heterocycles. The van der Waals surface area contributed by atoms with E-state index in [1.165, 1.54) is 0 Å². The number of rotatable bonds is 5. The summed E-state index contributed by atoms with van der Waals surface area (Å²) in [6, 6.07) is 15.8. The highest BCUT2D eigenvalue weighted by molar-refractivity contribution is 7.92. The standard InChI is InChI=1S/C22H28N2O3S/c1-15(2)21(28(26,27)19-13-11-16(3)12-14-19)24-20(17(4)23(5)22(24)25)18-9-7-6-8-10-18/h6-15,17,20-21H,1-5H3. The summed E-state index contributed by atoms with van der Waals surface area (Å²) < 4.78 is 27.2. The van der Waals surface area contributed by atoms with Gasteiger partial charge in [-0.05, 0) is 37.5 Å². The Morgan fingerprint density at radius 3 is 2.07 bits per heavy atom. The van der Waals surface area contributed by atoms with Gasteiger partial charge in [0.25, 0.3) is 0 Å². The van der Waals surface area contributed by atoms with E-state index in [-0.39, 0.29) is 28.9 Å². The maximum Gasteiger partial charge on any atom is 0.321 e. The largest absolute Gasteiger partial charge is 0.323 e. The van der Waals surface area contributed by atoms with E-state index in [4.69, 9.17) is 0 Å². The molecule has 1 saturated heterocycles. The van der Waals surface area contributed by atoms with Crippen molar-refractivity contribution in [2.24, 2.45) is 5.92 Å². The molecule has 28 heavy (non-hydrogen) atoms. The Morgan fingerprint density at radius 2 is 1.54 bits per heavy atom. The molecular weight excluding hydrogens is 372 g/mol. The van der Waals surface area contributed by atoms with Crippen LogP contribution in [0.4, 0.5) is 4.79 Å². The highest BCUT2D eigenvalue weighted by Gasteiger charge is 2.50. The van der Waals surface area contributed by atoms with Gasteiger partial charge in [0.2, 0.25) is 0 Å². The molecule has 3 unspecified atom stereocenters. The van der Waals surface area contributed by atoms with E-state index >= 15 is 0 Å². The zero-order valence-corrected chi connectivity index (χ0v) is 17.8. The molecule has 1 aliphatic rings. The minimum atomic E-state index is -3.74. The SMILES string of the molecule is Cc1ccc(S(=O)(=O)C(C(C)C)N2C(=O)N(C)C(C)C2c2ccccc2)cc1. The molecule has 0 aliphatic carbocycles. The van der Waals surface area contributed by atoms with Gasteiger partial charge in [-0.3, -0.25) is 4.90 Å². The molecule has 0 bridgehead atoms. The highest BCUT2D eigenvalue weighted by Crippen LogP contribution is 2.40. The predicted octanol–water partition coefficient (Wildman–Crippen LogP) is 4.25. The zero-order chi connectivity index (χ0) is 20.6. The number of hydrogen-bond acceptors (Lipinski definition) is 3. The summed E-state index contributed by atoms with van der Waals surface area (Å²) in [6.07, 6.45) is 0. The average molecular weight is 401 g/mol. The molecule has 5 nitrogen and oxygen atoms in total. The minimum absolute atomic E-state index is 0.135. The van der Waals surface area contributed by atoms with Crippen LogP contribution in [-0.4, -0.2) is 42.7 Å². The number of nitrogens with zero attached hydrogens (tertiary/aromatic N) is 2. The van der Waals surface area contributed by atoms with Crippen LogP contribution in [-0.2, 0) is 9.84 Å². The van der Waals surface area contributed by atoms with E-state index in [1.54, 1.807) is 41.1 Å². The molecule has 0 radical (unpaired) electrons. The van der Waals surface area contributed by atoms with Crippen LogP contribution in [0, 0.1) is 12.8 Å². The lowest BCUT2D eigenvalue weighted by Crippen LogP contribution is -2.47. The lowest BCUT2D eigenvalue weighted by molar-refractivity contribution is 0.173. The predicted molar refractivity (Wildman–Crippen MR) is 111 cm³/mol. The van der Waals surface area contributed by atoms with Crippen LogP contribution in [0.5, 0.6) is 0 Å². The molecule has 1 heterocycles. The Kier molecular flexibility index (Phi) is 5.53. The van der Waals surface area contributed by atoms with Gasteiger partial charge in [-0.1, -0.05) is 61.9 Å². The molecule has 2 aromatic rings. The van der Waals surface area contributed by atoms with E-state index in [0.29, 0.717) is 0 Å². The fourth-order valence-electron chi connectivity index (χ4n) is 3.97. The number of amides is 2. The first-order valence-corrected chi connectivity index (χ1v) is 11.1. The van der Waals surface area contributed by atoms with Gasteiger partial charge in [-0.15, -0.1) is 0 Å². The van der Waals surface area contributed by atoms with Crippen molar-refractivity contribution in [3.05, 3.63) is 65.7 Å². The van der Waals surface area contributed by atoms with Gasteiger partial charge in [-0.25, -0.2) is 13.2 Å². The second-order valence-corrected chi connectivity index (χ2v) is 9.93. The number of sulfone groups is 1. The zero-order valence-electron chi connectivity index (χ0n) is 17.0. The molecule has 0 aromatic heterocycles. The van der Waals surface area contributed by atoms with Crippen molar-refractivity contribution in [3.8, 4) is 0 Å². The molecule has 0 spiro atoms. The smallest absolute Gasteiger partial charge is 0.321 e. The maximum absolute atomic E-state index is 13.6. The number of benzene rings is 2. The molecule has 2 amide bonds. The van der Waals surface area contributed by atoms with Crippen molar-refractivity contribution in [3.63, 3.8) is 0 Å². The van der Waals surface area contributed by atoms with Gasteiger partial charge in [0.15, 0.2) is 9.84 Å². The summed E-state index contributed by atoms with van der Waals surface area (Å²) in [7, 11) is -2.01. The molecule has 3 atom stereocenters. The van der Waals surface area contributed by atoms with Crippen LogP contribution >= 0.6 is 0 Å². The monoisotopic (exact) mass is 400 g/mol. The van der Waals surface area contributed by atoms with Crippen LogP contribution in [0.2, 0.25) is 0 Å². The Bertz CT molecular complexity index is 940. The van der Waals surface area contributed by atoms with Gasteiger partial charge in [0, 0.05) is 7.05 Å². The number of urea groups is 1. The molecular formula is C22H28N2O3S. The Morgan fingerprint density at radius 1 is 0.964 bits per heavy atom. The maximum atomic E-state index is 13.6. The van der Waals surface area contributed by atoms with Gasteiger partial charge < -0.3 is 4.90 Å². The third-order valence-corrected chi connectivity index (χ3v) is 7.88. The third-order valence-electron chi connectivity index (χ3n) is 5.54. The summed E-state index contributed by atoms with van der Waals surface area (Å²) in [6.45, 7) is 7.59. The molecule has 0 saturated carbocycles. The molecule has 1 fully saturated rings. The van der Waals surface area contributed by atoms with Crippen molar-refractivity contribution >= 4 is 15.9 Å². The first kappa shape index (κ1) is 20.4. The van der Waals surface area contributed by atoms with Crippen molar-refractivity contribution in [1.29, 1.82) is 0 Å². The molecule has 3 rings (SSSR count). The first-order chi connectivity index (χ1) is 13.2. The van der Waals surface area contributed by atoms with Crippen molar-refractivity contribution in [1.82, 2.24) is 9.80 Å². The van der Waals surface area contributed by atoms with Gasteiger partial charge in [0.05, 0.1) is 17.0 Å². The van der Waals surface area contributed by atoms with Crippen LogP contribution in [0.15, 0.2) is 59.5 Å². The highest BCUT2D eigenvalue weighted by atomic mass is 32.2. The summed E-state index contributed by atoms with van der Waals surface area (Å²) in [5, 5.41) is -0.944. The van der Waals surface area contributed by atoms with Crippen LogP contribution in [0.1, 0.15) is 37.9 Å². The lowest BCUT2D eigenvalue weighted by atomic mass is 9.99. The number of carbonyl (C=O) groups is 1. The number of aryl methyl sites for hydroxylation is 1. The first-order valence-electron chi connectivity index (χ1n) is 9.57. The quantitative estimate of drug-likeness (QED) is 0.754. The topological polar surface area (TPSA) is 57.7 Å². The van der Waals surface area contributed by atoms with Gasteiger partial charge in [0.1, 0.15) is 5.37 Å². The summed E-state index contributed by atoms with van der Waals surface area (Å²) in [5.74, 6) is -0.264.